The van der Waals surface area contributed by atoms with Gasteiger partial charge in [-0.15, -0.1) is 0 Å². The highest BCUT2D eigenvalue weighted by Crippen LogP contribution is 2.19. The van der Waals surface area contributed by atoms with Gasteiger partial charge in [-0.2, -0.15) is 0 Å². The van der Waals surface area contributed by atoms with Crippen LogP contribution in [0.2, 0.25) is 5.02 Å². The zero-order valence-electron chi connectivity index (χ0n) is 10.7. The number of sulfonamides is 1. The molecule has 0 fully saturated rings. The third-order valence-corrected chi connectivity index (χ3v) is 4.40. The van der Waals surface area contributed by atoms with E-state index in [2.05, 4.69) is 15.1 Å². The van der Waals surface area contributed by atoms with Crippen molar-refractivity contribution in [3.63, 3.8) is 0 Å². The number of pyridine rings is 1. The summed E-state index contributed by atoms with van der Waals surface area (Å²) in [6.45, 7) is -0.0404. The highest BCUT2D eigenvalue weighted by atomic mass is 35.5. The highest BCUT2D eigenvalue weighted by molar-refractivity contribution is 7.89. The number of nitrogen functional groups attached to an aromatic ring is 1. The van der Waals surface area contributed by atoms with Crippen molar-refractivity contribution in [2.45, 2.75) is 11.4 Å². The van der Waals surface area contributed by atoms with E-state index in [0.29, 0.717) is 5.56 Å². The maximum Gasteiger partial charge on any atom is 0.244 e. The highest BCUT2D eigenvalue weighted by Gasteiger charge is 2.18. The monoisotopic (exact) mass is 330 g/mol. The number of nitrogens with two attached hydrogens (primary N) is 1. The molecule has 4 N–H and O–H groups in total. The molecule has 1 aromatic heterocycles. The normalized spacial score (nSPS) is 11.4. The molecule has 0 saturated heterocycles. The maximum absolute atomic E-state index is 13.0. The first kappa shape index (κ1) is 15.6. The Kier molecular flexibility index (Phi) is 4.73. The molecule has 9 heteroatoms. The molecule has 1 heterocycles. The number of aromatic nitrogens is 1. The average Bonchev–Trinajstić information content (AvgIpc) is 2.48. The smallest absolute Gasteiger partial charge is 0.244 e. The molecule has 0 radical (unpaired) electrons. The van der Waals surface area contributed by atoms with Gasteiger partial charge in [0.2, 0.25) is 10.0 Å². The van der Waals surface area contributed by atoms with Crippen LogP contribution in [-0.4, -0.2) is 13.4 Å². The summed E-state index contributed by atoms with van der Waals surface area (Å²) in [5, 5.41) is -0.0719. The molecule has 0 saturated carbocycles. The molecule has 2 aromatic rings. The van der Waals surface area contributed by atoms with Crippen molar-refractivity contribution in [1.29, 1.82) is 0 Å². The minimum absolute atomic E-state index is 0.0404. The van der Waals surface area contributed by atoms with Gasteiger partial charge >= 0.3 is 0 Å². The molecule has 112 valence electrons. The first-order chi connectivity index (χ1) is 9.94. The largest absolute Gasteiger partial charge is 0.323 e. The Morgan fingerprint density at radius 3 is 2.76 bits per heavy atom. The van der Waals surface area contributed by atoms with E-state index >= 15 is 0 Å². The Labute approximate surface area is 126 Å². The van der Waals surface area contributed by atoms with Crippen molar-refractivity contribution >= 4 is 27.3 Å². The lowest BCUT2D eigenvalue weighted by molar-refractivity contribution is 0.581. The van der Waals surface area contributed by atoms with Crippen molar-refractivity contribution in [3.8, 4) is 0 Å². The first-order valence-electron chi connectivity index (χ1n) is 5.78. The second-order valence-corrected chi connectivity index (χ2v) is 6.23. The molecule has 0 aliphatic rings. The van der Waals surface area contributed by atoms with Gasteiger partial charge in [0.25, 0.3) is 0 Å². The lowest BCUT2D eigenvalue weighted by atomic mass is 10.2. The summed E-state index contributed by atoms with van der Waals surface area (Å²) >= 11 is 5.64. The molecule has 0 aliphatic carbocycles. The fraction of sp³-hybridized carbons (Fsp3) is 0.0833. The predicted molar refractivity (Wildman–Crippen MR) is 77.5 cm³/mol. The Balaban J connectivity index is 2.20. The summed E-state index contributed by atoms with van der Waals surface area (Å²) in [6, 6.07) is 5.39. The van der Waals surface area contributed by atoms with Crippen molar-refractivity contribution in [2.24, 2.45) is 5.84 Å². The minimum atomic E-state index is -3.82. The van der Waals surface area contributed by atoms with E-state index in [1.54, 1.807) is 0 Å². The number of hydrogen-bond donors (Lipinski definition) is 3. The minimum Gasteiger partial charge on any atom is -0.323 e. The van der Waals surface area contributed by atoms with Crippen LogP contribution in [0.5, 0.6) is 0 Å². The van der Waals surface area contributed by atoms with E-state index in [4.69, 9.17) is 17.4 Å². The van der Waals surface area contributed by atoms with E-state index in [0.717, 1.165) is 0 Å². The fourth-order valence-electron chi connectivity index (χ4n) is 1.62. The number of hydrazine groups is 1. The summed E-state index contributed by atoms with van der Waals surface area (Å²) in [6.07, 6.45) is 2.59. The third kappa shape index (κ3) is 3.67. The van der Waals surface area contributed by atoms with Gasteiger partial charge in [0.15, 0.2) is 0 Å². The zero-order chi connectivity index (χ0) is 15.5. The molecule has 21 heavy (non-hydrogen) atoms. The molecule has 2 rings (SSSR count). The molecule has 6 nitrogen and oxygen atoms in total. The number of hydrogen-bond acceptors (Lipinski definition) is 5. The van der Waals surface area contributed by atoms with Crippen LogP contribution in [0, 0.1) is 5.82 Å². The molecule has 0 amide bonds. The summed E-state index contributed by atoms with van der Waals surface area (Å²) < 4.78 is 39.8. The van der Waals surface area contributed by atoms with Gasteiger partial charge in [-0.05, 0) is 23.8 Å². The number of halogens is 2. The number of benzene rings is 1. The predicted octanol–water partition coefficient (Wildman–Crippen LogP) is 1.64. The van der Waals surface area contributed by atoms with E-state index in [-0.39, 0.29) is 22.2 Å². The number of anilines is 1. The first-order valence-corrected chi connectivity index (χ1v) is 7.64. The van der Waals surface area contributed by atoms with Gasteiger partial charge < -0.3 is 5.43 Å². The topological polar surface area (TPSA) is 97.1 Å². The summed E-state index contributed by atoms with van der Waals surface area (Å²) in [7, 11) is -3.82. The number of nitrogens with zero attached hydrogens (tertiary/aromatic N) is 1. The Hall–Kier alpha value is -1.74. The molecule has 1 aromatic carbocycles. The quantitative estimate of drug-likeness (QED) is 0.572. The summed E-state index contributed by atoms with van der Waals surface area (Å²) in [4.78, 5) is 3.67. The van der Waals surface area contributed by atoms with Crippen LogP contribution in [0.1, 0.15) is 5.56 Å². The Morgan fingerprint density at radius 2 is 2.10 bits per heavy atom. The standard InChI is InChI=1S/C12H12ClFN4O2S/c13-9-5-8(1-2-10(9)14)6-17-21(19,20)12-7-16-4-3-11(12)18-15/h1-5,7,17H,6,15H2,(H,16,18). The Morgan fingerprint density at radius 1 is 1.33 bits per heavy atom. The van der Waals surface area contributed by atoms with E-state index in [1.807, 2.05) is 0 Å². The van der Waals surface area contributed by atoms with Crippen molar-refractivity contribution < 1.29 is 12.8 Å². The van der Waals surface area contributed by atoms with Crippen molar-refractivity contribution in [2.75, 3.05) is 5.43 Å². The third-order valence-electron chi connectivity index (χ3n) is 2.68. The van der Waals surface area contributed by atoms with Gasteiger partial charge in [0.1, 0.15) is 10.7 Å². The van der Waals surface area contributed by atoms with Crippen LogP contribution in [-0.2, 0) is 16.6 Å². The van der Waals surface area contributed by atoms with Gasteiger partial charge in [-0.3, -0.25) is 10.8 Å². The molecule has 0 aliphatic heterocycles. The van der Waals surface area contributed by atoms with E-state index < -0.39 is 15.8 Å². The number of nitrogens with one attached hydrogen (secondary N) is 2. The molecular weight excluding hydrogens is 319 g/mol. The molecule has 0 unspecified atom stereocenters. The lowest BCUT2D eigenvalue weighted by Gasteiger charge is -2.10. The van der Waals surface area contributed by atoms with Crippen LogP contribution in [0.4, 0.5) is 10.1 Å². The average molecular weight is 331 g/mol. The summed E-state index contributed by atoms with van der Waals surface area (Å²) in [5.41, 5.74) is 3.03. The molecule has 0 atom stereocenters. The van der Waals surface area contributed by atoms with Crippen LogP contribution in [0.25, 0.3) is 0 Å². The fourth-order valence-corrected chi connectivity index (χ4v) is 2.95. The SMILES string of the molecule is NNc1ccncc1S(=O)(=O)NCc1ccc(F)c(Cl)c1. The number of rotatable bonds is 5. The van der Waals surface area contributed by atoms with Gasteiger partial charge in [0.05, 0.1) is 10.7 Å². The molecule has 0 bridgehead atoms. The Bertz CT molecular complexity index is 755. The van der Waals surface area contributed by atoms with Crippen LogP contribution in [0.3, 0.4) is 0 Å². The van der Waals surface area contributed by atoms with Crippen LogP contribution < -0.4 is 16.0 Å². The maximum atomic E-state index is 13.0. The van der Waals surface area contributed by atoms with Crippen molar-refractivity contribution in [1.82, 2.24) is 9.71 Å². The van der Waals surface area contributed by atoms with Crippen LogP contribution in [0.15, 0.2) is 41.6 Å². The van der Waals surface area contributed by atoms with E-state index in [9.17, 15) is 12.8 Å². The lowest BCUT2D eigenvalue weighted by Crippen LogP contribution is -2.25. The van der Waals surface area contributed by atoms with E-state index in [1.165, 1.54) is 36.7 Å². The van der Waals surface area contributed by atoms with Crippen LogP contribution >= 0.6 is 11.6 Å². The molecule has 0 spiro atoms. The zero-order valence-corrected chi connectivity index (χ0v) is 12.2. The van der Waals surface area contributed by atoms with Gasteiger partial charge in [-0.25, -0.2) is 17.5 Å². The van der Waals surface area contributed by atoms with Crippen molar-refractivity contribution in [3.05, 3.63) is 53.1 Å². The van der Waals surface area contributed by atoms with Gasteiger partial charge in [-0.1, -0.05) is 17.7 Å². The van der Waals surface area contributed by atoms with Gasteiger partial charge in [0, 0.05) is 18.9 Å². The second-order valence-electron chi connectivity index (χ2n) is 4.09. The second kappa shape index (κ2) is 6.35. The molecular formula is C12H12ClFN4O2S. The summed E-state index contributed by atoms with van der Waals surface area (Å²) in [5.74, 6) is 4.70.